The molecule has 0 unspecified atom stereocenters. The van der Waals surface area contributed by atoms with Gasteiger partial charge in [-0.2, -0.15) is 0 Å². The first-order valence-corrected chi connectivity index (χ1v) is 10.6. The van der Waals surface area contributed by atoms with Crippen LogP contribution in [-0.2, 0) is 17.6 Å². The van der Waals surface area contributed by atoms with Crippen molar-refractivity contribution in [3.05, 3.63) is 70.8 Å². The summed E-state index contributed by atoms with van der Waals surface area (Å²) in [6.45, 7) is 0. The molecule has 0 bridgehead atoms. The number of unbranched alkanes of at least 4 members (excludes halogenated alkanes) is 4. The van der Waals surface area contributed by atoms with E-state index in [-0.39, 0.29) is 23.1 Å². The van der Waals surface area contributed by atoms with Crippen LogP contribution in [0.3, 0.4) is 0 Å². The Labute approximate surface area is 164 Å². The van der Waals surface area contributed by atoms with Crippen LogP contribution < -0.4 is 0 Å². The third kappa shape index (κ3) is 5.39. The number of hydrogen-bond acceptors (Lipinski definition) is 4. The monoisotopic (exact) mass is 380 g/mol. The lowest BCUT2D eigenvalue weighted by Crippen LogP contribution is -2.05. The summed E-state index contributed by atoms with van der Waals surface area (Å²) in [6.07, 6.45) is 6.89. The van der Waals surface area contributed by atoms with E-state index in [4.69, 9.17) is 0 Å². The molecular weight excluding hydrogens is 356 g/mol. The second-order valence-corrected chi connectivity index (χ2v) is 8.01. The van der Waals surface area contributed by atoms with Crippen molar-refractivity contribution in [2.45, 2.75) is 44.9 Å². The van der Waals surface area contributed by atoms with E-state index in [9.17, 15) is 14.4 Å². The lowest BCUT2D eigenvalue weighted by atomic mass is 10.0. The second-order valence-electron chi connectivity index (χ2n) is 6.94. The number of thioether (sulfide) groups is 1. The van der Waals surface area contributed by atoms with Gasteiger partial charge >= 0.3 is 0 Å². The van der Waals surface area contributed by atoms with Gasteiger partial charge in [-0.05, 0) is 30.4 Å². The number of fused-ring (bicyclic) bond motifs is 1. The maximum atomic E-state index is 12.0. The fourth-order valence-electron chi connectivity index (χ4n) is 3.36. The Hall–Kier alpha value is -2.20. The molecule has 4 heteroatoms. The number of rotatable bonds is 9. The summed E-state index contributed by atoms with van der Waals surface area (Å²) in [7, 11) is 0. The lowest BCUT2D eigenvalue weighted by Gasteiger charge is -2.05. The zero-order chi connectivity index (χ0) is 19.1. The smallest absolute Gasteiger partial charge is 0.229 e. The number of Topliss-reactive ketones (excluding diaryl/α,β-unsaturated/α-hetero) is 2. The molecule has 27 heavy (non-hydrogen) atoms. The van der Waals surface area contributed by atoms with Gasteiger partial charge in [0.05, 0.1) is 0 Å². The maximum Gasteiger partial charge on any atom is 0.229 e. The van der Waals surface area contributed by atoms with Crippen LogP contribution in [0.2, 0.25) is 0 Å². The van der Waals surface area contributed by atoms with Crippen LogP contribution in [0.15, 0.2) is 48.5 Å². The highest BCUT2D eigenvalue weighted by molar-refractivity contribution is 8.14. The van der Waals surface area contributed by atoms with Crippen LogP contribution in [0.25, 0.3) is 0 Å². The van der Waals surface area contributed by atoms with Gasteiger partial charge in [-0.25, -0.2) is 0 Å². The molecule has 0 atom stereocenters. The number of benzene rings is 2. The molecule has 0 radical (unpaired) electrons. The van der Waals surface area contributed by atoms with Crippen molar-refractivity contribution in [1.82, 2.24) is 0 Å². The number of carbonyl (C=O) groups excluding carboxylic acids is 3. The molecule has 0 saturated carbocycles. The summed E-state index contributed by atoms with van der Waals surface area (Å²) in [5.41, 5.74) is 3.47. The minimum absolute atomic E-state index is 0.157. The van der Waals surface area contributed by atoms with Crippen molar-refractivity contribution >= 4 is 28.4 Å². The average molecular weight is 381 g/mol. The van der Waals surface area contributed by atoms with Crippen LogP contribution in [0, 0.1) is 0 Å². The SMILES string of the molecule is O=C1Cc2cc(CCCCCCCSC(=O)c3ccccc3)ccc2C1=O. The Bertz CT molecular complexity index is 827. The number of carbonyl (C=O) groups is 3. The highest BCUT2D eigenvalue weighted by Crippen LogP contribution is 2.22. The van der Waals surface area contributed by atoms with Crippen LogP contribution in [0.5, 0.6) is 0 Å². The first-order valence-electron chi connectivity index (χ1n) is 9.56. The fourth-order valence-corrected chi connectivity index (χ4v) is 4.19. The predicted octanol–water partition coefficient (Wildman–Crippen LogP) is 5.06. The van der Waals surface area contributed by atoms with Crippen molar-refractivity contribution in [3.8, 4) is 0 Å². The van der Waals surface area contributed by atoms with E-state index in [1.54, 1.807) is 6.07 Å². The van der Waals surface area contributed by atoms with Gasteiger partial charge in [-0.3, -0.25) is 14.4 Å². The third-order valence-electron chi connectivity index (χ3n) is 4.87. The van der Waals surface area contributed by atoms with Gasteiger partial charge in [0.2, 0.25) is 16.7 Å². The van der Waals surface area contributed by atoms with Crippen LogP contribution in [-0.4, -0.2) is 22.4 Å². The van der Waals surface area contributed by atoms with E-state index in [1.807, 2.05) is 42.5 Å². The van der Waals surface area contributed by atoms with E-state index >= 15 is 0 Å². The van der Waals surface area contributed by atoms with Gasteiger partial charge in [0, 0.05) is 23.3 Å². The number of hydrogen-bond donors (Lipinski definition) is 0. The Kier molecular flexibility index (Phi) is 6.99. The van der Waals surface area contributed by atoms with Crippen LogP contribution in [0.1, 0.15) is 63.9 Å². The summed E-state index contributed by atoms with van der Waals surface area (Å²) in [5.74, 6) is 0.256. The molecule has 0 saturated heterocycles. The topological polar surface area (TPSA) is 51.2 Å². The summed E-state index contributed by atoms with van der Waals surface area (Å²) in [4.78, 5) is 35.1. The summed E-state index contributed by atoms with van der Waals surface area (Å²) >= 11 is 1.41. The molecule has 0 N–H and O–H groups in total. The second kappa shape index (κ2) is 9.65. The fraction of sp³-hybridized carbons (Fsp3) is 0.348. The first kappa shape index (κ1) is 19.6. The van der Waals surface area contributed by atoms with Gasteiger partial charge in [0.25, 0.3) is 0 Å². The predicted molar refractivity (Wildman–Crippen MR) is 110 cm³/mol. The maximum absolute atomic E-state index is 12.0. The Balaban J connectivity index is 1.27. The molecule has 0 aromatic heterocycles. The lowest BCUT2D eigenvalue weighted by molar-refractivity contribution is -0.114. The zero-order valence-corrected chi connectivity index (χ0v) is 16.2. The van der Waals surface area contributed by atoms with E-state index in [0.29, 0.717) is 5.56 Å². The molecule has 0 heterocycles. The Morgan fingerprint density at radius 2 is 1.63 bits per heavy atom. The summed E-state index contributed by atoms with van der Waals surface area (Å²) in [6, 6.07) is 15.2. The van der Waals surface area contributed by atoms with Crippen molar-refractivity contribution in [2.24, 2.45) is 0 Å². The molecule has 3 nitrogen and oxygen atoms in total. The number of aryl methyl sites for hydroxylation is 1. The molecule has 140 valence electrons. The molecule has 0 aliphatic heterocycles. The first-order chi connectivity index (χ1) is 13.1. The summed E-state index contributed by atoms with van der Waals surface area (Å²) in [5, 5.41) is 0.157. The quantitative estimate of drug-likeness (QED) is 0.451. The van der Waals surface area contributed by atoms with Gasteiger partial charge in [0.1, 0.15) is 0 Å². The average Bonchev–Trinajstić information content (AvgIpc) is 2.97. The van der Waals surface area contributed by atoms with Crippen molar-refractivity contribution < 1.29 is 14.4 Å². The molecule has 0 spiro atoms. The Morgan fingerprint density at radius 1 is 0.889 bits per heavy atom. The molecule has 2 aromatic carbocycles. The van der Waals surface area contributed by atoms with E-state index in [2.05, 4.69) is 0 Å². The van der Waals surface area contributed by atoms with Crippen molar-refractivity contribution in [1.29, 1.82) is 0 Å². The van der Waals surface area contributed by atoms with Gasteiger partial charge in [0.15, 0.2) is 0 Å². The summed E-state index contributed by atoms with van der Waals surface area (Å²) < 4.78 is 0. The van der Waals surface area contributed by atoms with Gasteiger partial charge in [-0.1, -0.05) is 79.6 Å². The molecule has 1 aliphatic rings. The Morgan fingerprint density at radius 3 is 2.44 bits per heavy atom. The molecule has 0 fully saturated rings. The standard InChI is InChI=1S/C23H24O3S/c24-21-16-19-15-17(12-13-20(19)22(21)25)9-5-2-1-3-8-14-27-23(26)18-10-6-4-7-11-18/h4,6-7,10-13,15H,1-3,5,8-9,14,16H2. The zero-order valence-electron chi connectivity index (χ0n) is 15.4. The van der Waals surface area contributed by atoms with Crippen molar-refractivity contribution in [3.63, 3.8) is 0 Å². The van der Waals surface area contributed by atoms with E-state index in [1.165, 1.54) is 23.7 Å². The highest BCUT2D eigenvalue weighted by Gasteiger charge is 2.27. The van der Waals surface area contributed by atoms with E-state index < -0.39 is 0 Å². The molecule has 1 aliphatic carbocycles. The highest BCUT2D eigenvalue weighted by atomic mass is 32.2. The van der Waals surface area contributed by atoms with Gasteiger partial charge in [-0.15, -0.1) is 0 Å². The van der Waals surface area contributed by atoms with Crippen LogP contribution >= 0.6 is 11.8 Å². The largest absolute Gasteiger partial charge is 0.290 e. The minimum atomic E-state index is -0.333. The van der Waals surface area contributed by atoms with Crippen molar-refractivity contribution in [2.75, 3.05) is 5.75 Å². The minimum Gasteiger partial charge on any atom is -0.290 e. The van der Waals surface area contributed by atoms with Crippen LogP contribution in [0.4, 0.5) is 0 Å². The molecule has 3 rings (SSSR count). The number of ketones is 2. The normalized spacial score (nSPS) is 13.0. The molecule has 0 amide bonds. The van der Waals surface area contributed by atoms with Gasteiger partial charge < -0.3 is 0 Å². The molecule has 2 aromatic rings. The van der Waals surface area contributed by atoms with E-state index in [0.717, 1.165) is 49.0 Å². The molecular formula is C23H24O3S. The third-order valence-corrected chi connectivity index (χ3v) is 5.86.